The SMILES string of the molecule is CC(=O)Nc1cccc([C@H]2O[C@@H](CN3[C@@H](C(=O)NC(C)(C)C)CC[C@H]4CCCC[C@H]43)C[C@@H](c3ccc(CO)cc3)O2)c1. The van der Waals surface area contributed by atoms with Crippen LogP contribution in [0, 0.1) is 5.92 Å². The molecule has 6 atom stereocenters. The highest BCUT2D eigenvalue weighted by Crippen LogP contribution is 2.42. The molecule has 0 bridgehead atoms. The number of carbonyl (C=O) groups is 2. The predicted molar refractivity (Wildman–Crippen MR) is 163 cm³/mol. The number of hydrogen-bond acceptors (Lipinski definition) is 6. The Labute approximate surface area is 250 Å². The summed E-state index contributed by atoms with van der Waals surface area (Å²) in [5.74, 6) is 0.586. The molecule has 2 aliphatic heterocycles. The number of fused-ring (bicyclic) bond motifs is 1. The molecule has 5 rings (SSSR count). The second kappa shape index (κ2) is 13.2. The van der Waals surface area contributed by atoms with Crippen LogP contribution in [-0.4, -0.2) is 52.1 Å². The first-order chi connectivity index (χ1) is 20.1. The van der Waals surface area contributed by atoms with Gasteiger partial charge in [-0.05, 0) is 75.6 Å². The van der Waals surface area contributed by atoms with Gasteiger partial charge in [0, 0.05) is 42.7 Å². The van der Waals surface area contributed by atoms with Crippen molar-refractivity contribution in [3.63, 3.8) is 0 Å². The summed E-state index contributed by atoms with van der Waals surface area (Å²) in [7, 11) is 0. The van der Waals surface area contributed by atoms with E-state index in [1.54, 1.807) is 0 Å². The van der Waals surface area contributed by atoms with Gasteiger partial charge in [-0.2, -0.15) is 0 Å². The maximum absolute atomic E-state index is 13.6. The van der Waals surface area contributed by atoms with Gasteiger partial charge in [0.15, 0.2) is 6.29 Å². The van der Waals surface area contributed by atoms with E-state index >= 15 is 0 Å². The Morgan fingerprint density at radius 2 is 1.74 bits per heavy atom. The van der Waals surface area contributed by atoms with Crippen LogP contribution in [0.5, 0.6) is 0 Å². The molecular weight excluding hydrogens is 530 g/mol. The van der Waals surface area contributed by atoms with Crippen LogP contribution in [0.1, 0.15) is 102 Å². The topological polar surface area (TPSA) is 100 Å². The zero-order valence-electron chi connectivity index (χ0n) is 25.5. The van der Waals surface area contributed by atoms with Gasteiger partial charge >= 0.3 is 0 Å². The third kappa shape index (κ3) is 7.59. The average molecular weight is 578 g/mol. The molecule has 8 heteroatoms. The van der Waals surface area contributed by atoms with Crippen LogP contribution in [0.3, 0.4) is 0 Å². The molecule has 3 fully saturated rings. The fourth-order valence-electron chi connectivity index (χ4n) is 6.96. The third-order valence-corrected chi connectivity index (χ3v) is 8.82. The van der Waals surface area contributed by atoms with Gasteiger partial charge in [0.05, 0.1) is 24.9 Å². The summed E-state index contributed by atoms with van der Waals surface area (Å²) in [4.78, 5) is 27.8. The molecule has 1 saturated carbocycles. The van der Waals surface area contributed by atoms with E-state index in [-0.39, 0.29) is 42.2 Å². The second-order valence-corrected chi connectivity index (χ2v) is 13.3. The van der Waals surface area contributed by atoms with Gasteiger partial charge in [-0.1, -0.05) is 49.2 Å². The number of rotatable bonds is 7. The normalized spacial score (nSPS) is 28.5. The molecule has 0 spiro atoms. The number of anilines is 1. The number of benzene rings is 2. The van der Waals surface area contributed by atoms with Crippen LogP contribution in [0.2, 0.25) is 0 Å². The summed E-state index contributed by atoms with van der Waals surface area (Å²) in [6.07, 6.45) is 6.38. The predicted octanol–water partition coefficient (Wildman–Crippen LogP) is 5.62. The first kappa shape index (κ1) is 30.7. The highest BCUT2D eigenvalue weighted by atomic mass is 16.7. The van der Waals surface area contributed by atoms with E-state index in [9.17, 15) is 14.7 Å². The largest absolute Gasteiger partial charge is 0.392 e. The molecule has 2 aromatic carbocycles. The van der Waals surface area contributed by atoms with Crippen LogP contribution < -0.4 is 10.6 Å². The fraction of sp³-hybridized carbons (Fsp3) is 0.588. The van der Waals surface area contributed by atoms with Gasteiger partial charge in [-0.25, -0.2) is 0 Å². The van der Waals surface area contributed by atoms with Crippen molar-refractivity contribution in [2.45, 2.75) is 115 Å². The van der Waals surface area contributed by atoms with Crippen LogP contribution in [0.15, 0.2) is 48.5 Å². The van der Waals surface area contributed by atoms with Crippen molar-refractivity contribution in [1.82, 2.24) is 10.2 Å². The number of aliphatic hydroxyl groups excluding tert-OH is 1. The van der Waals surface area contributed by atoms with Gasteiger partial charge in [0.1, 0.15) is 0 Å². The number of nitrogens with zero attached hydrogens (tertiary/aromatic N) is 1. The Bertz CT molecular complexity index is 1230. The van der Waals surface area contributed by atoms with Gasteiger partial charge in [0.2, 0.25) is 11.8 Å². The Morgan fingerprint density at radius 3 is 2.45 bits per heavy atom. The molecule has 2 heterocycles. The summed E-state index contributed by atoms with van der Waals surface area (Å²) in [5, 5.41) is 15.7. The number of amides is 2. The van der Waals surface area contributed by atoms with Crippen molar-refractivity contribution in [2.75, 3.05) is 11.9 Å². The molecule has 3 N–H and O–H groups in total. The minimum Gasteiger partial charge on any atom is -0.392 e. The summed E-state index contributed by atoms with van der Waals surface area (Å²) in [6, 6.07) is 15.7. The average Bonchev–Trinajstić information content (AvgIpc) is 2.96. The van der Waals surface area contributed by atoms with E-state index in [1.165, 1.54) is 26.2 Å². The summed E-state index contributed by atoms with van der Waals surface area (Å²) < 4.78 is 13.3. The van der Waals surface area contributed by atoms with Crippen molar-refractivity contribution < 1.29 is 24.2 Å². The van der Waals surface area contributed by atoms with Gasteiger partial charge in [-0.3, -0.25) is 14.5 Å². The zero-order chi connectivity index (χ0) is 29.9. The smallest absolute Gasteiger partial charge is 0.237 e. The minimum absolute atomic E-state index is 0.00829. The Hall–Kier alpha value is -2.78. The lowest BCUT2D eigenvalue weighted by Crippen LogP contribution is -2.61. The van der Waals surface area contributed by atoms with E-state index in [4.69, 9.17) is 9.47 Å². The van der Waals surface area contributed by atoms with Crippen molar-refractivity contribution in [1.29, 1.82) is 0 Å². The highest BCUT2D eigenvalue weighted by Gasteiger charge is 2.44. The van der Waals surface area contributed by atoms with Gasteiger partial charge < -0.3 is 25.2 Å². The third-order valence-electron chi connectivity index (χ3n) is 8.82. The molecule has 1 aliphatic carbocycles. The summed E-state index contributed by atoms with van der Waals surface area (Å²) in [5.41, 5.74) is 3.11. The van der Waals surface area contributed by atoms with E-state index < -0.39 is 6.29 Å². The van der Waals surface area contributed by atoms with Crippen LogP contribution in [0.4, 0.5) is 5.69 Å². The van der Waals surface area contributed by atoms with E-state index in [1.807, 2.05) is 69.3 Å². The summed E-state index contributed by atoms with van der Waals surface area (Å²) >= 11 is 0. The Kier molecular flexibility index (Phi) is 9.67. The van der Waals surface area contributed by atoms with Crippen molar-refractivity contribution in [3.05, 3.63) is 65.2 Å². The first-order valence-corrected chi connectivity index (χ1v) is 15.6. The number of piperidine rings is 1. The zero-order valence-corrected chi connectivity index (χ0v) is 25.5. The monoisotopic (exact) mass is 577 g/mol. The molecule has 8 nitrogen and oxygen atoms in total. The number of nitrogens with one attached hydrogen (secondary N) is 2. The van der Waals surface area contributed by atoms with Crippen molar-refractivity contribution >= 4 is 17.5 Å². The minimum atomic E-state index is -0.631. The van der Waals surface area contributed by atoms with E-state index in [0.29, 0.717) is 30.6 Å². The molecule has 2 aromatic rings. The lowest BCUT2D eigenvalue weighted by atomic mass is 9.75. The highest BCUT2D eigenvalue weighted by molar-refractivity contribution is 5.88. The van der Waals surface area contributed by atoms with Crippen LogP contribution in [-0.2, 0) is 25.7 Å². The molecule has 0 aromatic heterocycles. The van der Waals surface area contributed by atoms with Crippen molar-refractivity contribution in [2.24, 2.45) is 5.92 Å². The fourth-order valence-corrected chi connectivity index (χ4v) is 6.96. The van der Waals surface area contributed by atoms with E-state index in [2.05, 4.69) is 15.5 Å². The van der Waals surface area contributed by atoms with Crippen LogP contribution >= 0.6 is 0 Å². The number of hydrogen-bond donors (Lipinski definition) is 3. The maximum Gasteiger partial charge on any atom is 0.237 e. The molecule has 0 unspecified atom stereocenters. The number of ether oxygens (including phenoxy) is 2. The van der Waals surface area contributed by atoms with Gasteiger partial charge in [0.25, 0.3) is 0 Å². The molecule has 2 saturated heterocycles. The number of aliphatic hydroxyl groups is 1. The molecular formula is C34H47N3O5. The lowest BCUT2D eigenvalue weighted by Gasteiger charge is -2.50. The maximum atomic E-state index is 13.6. The van der Waals surface area contributed by atoms with E-state index in [0.717, 1.165) is 36.0 Å². The number of carbonyl (C=O) groups excluding carboxylic acids is 2. The van der Waals surface area contributed by atoms with Crippen molar-refractivity contribution in [3.8, 4) is 0 Å². The van der Waals surface area contributed by atoms with Crippen LogP contribution in [0.25, 0.3) is 0 Å². The lowest BCUT2D eigenvalue weighted by molar-refractivity contribution is -0.255. The first-order valence-electron chi connectivity index (χ1n) is 15.6. The molecule has 3 aliphatic rings. The number of likely N-dealkylation sites (tertiary alicyclic amines) is 1. The summed E-state index contributed by atoms with van der Waals surface area (Å²) in [6.45, 7) is 8.25. The molecule has 42 heavy (non-hydrogen) atoms. The quantitative estimate of drug-likeness (QED) is 0.395. The molecule has 2 amide bonds. The Balaban J connectivity index is 1.43. The second-order valence-electron chi connectivity index (χ2n) is 13.3. The standard InChI is InChI=1S/C34H47N3O5/c1-22(39)35-27-10-7-9-26(18-27)33-41-28(19-31(42-33)25-14-12-23(21-38)13-15-25)20-37-29-11-6-5-8-24(29)16-17-30(37)32(40)36-34(2,3)4/h7,9-10,12-15,18,24,28-31,33,38H,5-6,8,11,16-17,19-21H2,1-4H3,(H,35,39)(H,36,40)/t24-,28-,29-,30-,31+,33+/m1/s1. The van der Waals surface area contributed by atoms with Gasteiger partial charge in [-0.15, -0.1) is 0 Å². The molecule has 228 valence electrons. The molecule has 0 radical (unpaired) electrons. The Morgan fingerprint density at radius 1 is 0.976 bits per heavy atom.